The van der Waals surface area contributed by atoms with Crippen molar-refractivity contribution in [1.82, 2.24) is 4.90 Å². The minimum atomic E-state index is 0.246. The predicted octanol–water partition coefficient (Wildman–Crippen LogP) is 3.03. The molecule has 0 aromatic rings. The summed E-state index contributed by atoms with van der Waals surface area (Å²) >= 11 is 0. The van der Waals surface area contributed by atoms with Crippen LogP contribution in [0.5, 0.6) is 0 Å². The minimum Gasteiger partial charge on any atom is -0.306 e. The molecule has 0 aromatic heterocycles. The van der Waals surface area contributed by atoms with Gasteiger partial charge in [0.05, 0.1) is 0 Å². The molecule has 0 N–H and O–H groups in total. The molecule has 84 valence electrons. The van der Waals surface area contributed by atoms with E-state index in [1.165, 1.54) is 0 Å². The molecule has 2 heteroatoms. The van der Waals surface area contributed by atoms with Crippen molar-refractivity contribution in [3.8, 4) is 0 Å². The van der Waals surface area contributed by atoms with Gasteiger partial charge < -0.3 is 4.90 Å². The molecule has 0 bridgehead atoms. The molecule has 1 unspecified atom stereocenters. The maximum atomic E-state index is 3.02. The van der Waals surface area contributed by atoms with E-state index in [0.717, 1.165) is 6.54 Å². The average Bonchev–Trinajstić information content (AvgIpc) is 2.02. The minimum absolute atomic E-state index is 0.246. The zero-order valence-corrected chi connectivity index (χ0v) is 11.7. The van der Waals surface area contributed by atoms with Gasteiger partial charge >= 0.3 is 0 Å². The second-order valence-corrected chi connectivity index (χ2v) is 5.97. The molecule has 1 atom stereocenters. The Morgan fingerprint density at radius 3 is 1.86 bits per heavy atom. The van der Waals surface area contributed by atoms with Gasteiger partial charge in [-0.15, -0.1) is 9.24 Å². The Kier molecular flexibility index (Phi) is 5.93. The largest absolute Gasteiger partial charge is 0.306 e. The molecule has 0 fully saturated rings. The normalized spacial score (nSPS) is 13.9. The van der Waals surface area contributed by atoms with Gasteiger partial charge in [-0.25, -0.2) is 0 Å². The summed E-state index contributed by atoms with van der Waals surface area (Å²) in [6.45, 7) is 10.2. The van der Waals surface area contributed by atoms with E-state index in [9.17, 15) is 0 Å². The Morgan fingerprint density at radius 2 is 1.57 bits per heavy atom. The first-order valence-electron chi connectivity index (χ1n) is 5.42. The van der Waals surface area contributed by atoms with Crippen LogP contribution in [-0.2, 0) is 0 Å². The maximum Gasteiger partial charge on any atom is 0.0157 e. The van der Waals surface area contributed by atoms with E-state index in [1.807, 2.05) is 0 Å². The molecular formula is C12H26NP. The molecule has 0 spiro atoms. The Morgan fingerprint density at radius 1 is 1.14 bits per heavy atom. The van der Waals surface area contributed by atoms with Crippen LogP contribution in [0.3, 0.4) is 0 Å². The first-order valence-corrected chi connectivity index (χ1v) is 5.99. The molecule has 0 saturated heterocycles. The van der Waals surface area contributed by atoms with Crippen molar-refractivity contribution >= 4 is 9.24 Å². The van der Waals surface area contributed by atoms with Crippen molar-refractivity contribution in [1.29, 1.82) is 0 Å². The van der Waals surface area contributed by atoms with E-state index in [-0.39, 0.29) is 5.16 Å². The second kappa shape index (κ2) is 5.88. The monoisotopic (exact) mass is 215 g/mol. The fraction of sp³-hybridized carbons (Fsp3) is 0.833. The van der Waals surface area contributed by atoms with E-state index >= 15 is 0 Å². The lowest BCUT2D eigenvalue weighted by molar-refractivity contribution is 0.394. The molecule has 0 rings (SSSR count). The molecule has 0 aromatic carbocycles. The van der Waals surface area contributed by atoms with Crippen LogP contribution in [0.2, 0.25) is 0 Å². The van der Waals surface area contributed by atoms with Crippen LogP contribution in [0.1, 0.15) is 27.7 Å². The molecule has 0 amide bonds. The number of hydrogen-bond acceptors (Lipinski definition) is 1. The first-order chi connectivity index (χ1) is 6.30. The maximum absolute atomic E-state index is 3.02. The topological polar surface area (TPSA) is 3.24 Å². The molecule has 0 heterocycles. The lowest BCUT2D eigenvalue weighted by Crippen LogP contribution is -2.31. The fourth-order valence-corrected chi connectivity index (χ4v) is 1.66. The van der Waals surface area contributed by atoms with Crippen molar-refractivity contribution in [2.75, 3.05) is 20.6 Å². The van der Waals surface area contributed by atoms with Gasteiger partial charge in [0.1, 0.15) is 0 Å². The van der Waals surface area contributed by atoms with E-state index in [0.29, 0.717) is 11.8 Å². The van der Waals surface area contributed by atoms with E-state index in [1.54, 1.807) is 0 Å². The Bertz CT molecular complexity index is 175. The van der Waals surface area contributed by atoms with Crippen molar-refractivity contribution in [3.63, 3.8) is 0 Å². The molecule has 0 saturated carbocycles. The Balaban J connectivity index is 4.45. The highest BCUT2D eigenvalue weighted by atomic mass is 31.0. The number of likely N-dealkylation sites (N-methyl/N-ethyl adjacent to an activating group) is 1. The lowest BCUT2D eigenvalue weighted by atomic mass is 9.84. The van der Waals surface area contributed by atoms with Crippen LogP contribution in [-0.4, -0.2) is 30.7 Å². The summed E-state index contributed by atoms with van der Waals surface area (Å²) in [5, 5.41) is 0.246. The Hall–Kier alpha value is 0.130. The number of allylic oxidation sites excluding steroid dienone is 1. The van der Waals surface area contributed by atoms with E-state index in [2.05, 4.69) is 68.1 Å². The molecule has 14 heavy (non-hydrogen) atoms. The second-order valence-electron chi connectivity index (χ2n) is 4.97. The van der Waals surface area contributed by atoms with Crippen molar-refractivity contribution in [3.05, 3.63) is 12.2 Å². The quantitative estimate of drug-likeness (QED) is 0.503. The van der Waals surface area contributed by atoms with Crippen LogP contribution in [0.15, 0.2) is 12.2 Å². The molecule has 0 aliphatic heterocycles. The van der Waals surface area contributed by atoms with Crippen molar-refractivity contribution in [2.24, 2.45) is 11.8 Å². The molecular weight excluding hydrogens is 189 g/mol. The highest BCUT2D eigenvalue weighted by Crippen LogP contribution is 2.36. The Labute approximate surface area is 92.2 Å². The van der Waals surface area contributed by atoms with Crippen LogP contribution < -0.4 is 0 Å². The van der Waals surface area contributed by atoms with Crippen molar-refractivity contribution in [2.45, 2.75) is 32.9 Å². The predicted molar refractivity (Wildman–Crippen MR) is 69.8 cm³/mol. The third kappa shape index (κ3) is 4.11. The lowest BCUT2D eigenvalue weighted by Gasteiger charge is -2.34. The summed E-state index contributed by atoms with van der Waals surface area (Å²) in [5.41, 5.74) is 0. The summed E-state index contributed by atoms with van der Waals surface area (Å²) in [7, 11) is 7.22. The van der Waals surface area contributed by atoms with Gasteiger partial charge in [0.2, 0.25) is 0 Å². The highest BCUT2D eigenvalue weighted by Gasteiger charge is 2.28. The summed E-state index contributed by atoms with van der Waals surface area (Å²) in [6.07, 6.45) is 4.62. The standard InChI is InChI=1S/C12H26NP/c1-10(2)12(14,11(3)4)8-7-9-13(5)6/h7-8,10-11H,9,14H2,1-6H3. The molecule has 0 aliphatic rings. The third-order valence-corrected chi connectivity index (χ3v) is 4.40. The van der Waals surface area contributed by atoms with Gasteiger partial charge in [-0.1, -0.05) is 39.8 Å². The zero-order chi connectivity index (χ0) is 11.4. The first kappa shape index (κ1) is 14.1. The zero-order valence-electron chi connectivity index (χ0n) is 10.5. The van der Waals surface area contributed by atoms with Crippen molar-refractivity contribution < 1.29 is 0 Å². The highest BCUT2D eigenvalue weighted by molar-refractivity contribution is 7.19. The van der Waals surface area contributed by atoms with Gasteiger partial charge in [-0.2, -0.15) is 0 Å². The van der Waals surface area contributed by atoms with Gasteiger partial charge in [0.25, 0.3) is 0 Å². The van der Waals surface area contributed by atoms with Crippen LogP contribution in [0.4, 0.5) is 0 Å². The van der Waals surface area contributed by atoms with Crippen LogP contribution in [0.25, 0.3) is 0 Å². The number of hydrogen-bond donors (Lipinski definition) is 0. The average molecular weight is 215 g/mol. The molecule has 0 radical (unpaired) electrons. The SMILES string of the molecule is CC(C)C(P)(C=CCN(C)C)C(C)C. The van der Waals surface area contributed by atoms with Crippen LogP contribution >= 0.6 is 9.24 Å². The third-order valence-electron chi connectivity index (χ3n) is 2.88. The van der Waals surface area contributed by atoms with Gasteiger partial charge in [0, 0.05) is 11.7 Å². The summed E-state index contributed by atoms with van der Waals surface area (Å²) in [6, 6.07) is 0. The van der Waals surface area contributed by atoms with Gasteiger partial charge in [-0.3, -0.25) is 0 Å². The summed E-state index contributed by atoms with van der Waals surface area (Å²) in [4.78, 5) is 2.18. The van der Waals surface area contributed by atoms with Gasteiger partial charge in [-0.05, 0) is 25.9 Å². The summed E-state index contributed by atoms with van der Waals surface area (Å²) in [5.74, 6) is 1.32. The fourth-order valence-electron chi connectivity index (χ4n) is 1.52. The van der Waals surface area contributed by atoms with Gasteiger partial charge in [0.15, 0.2) is 0 Å². The summed E-state index contributed by atoms with van der Waals surface area (Å²) < 4.78 is 0. The molecule has 1 nitrogen and oxygen atoms in total. The van der Waals surface area contributed by atoms with Crippen LogP contribution in [0, 0.1) is 11.8 Å². The molecule has 0 aliphatic carbocycles. The number of rotatable bonds is 5. The van der Waals surface area contributed by atoms with E-state index < -0.39 is 0 Å². The van der Waals surface area contributed by atoms with E-state index in [4.69, 9.17) is 0 Å². The number of nitrogens with zero attached hydrogens (tertiary/aromatic N) is 1. The smallest absolute Gasteiger partial charge is 0.0157 e.